The van der Waals surface area contributed by atoms with Gasteiger partial charge in [0, 0.05) is 30.4 Å². The number of rotatable bonds is 5. The molecule has 0 spiro atoms. The first-order valence-electron chi connectivity index (χ1n) is 8.64. The molecule has 0 radical (unpaired) electrons. The third-order valence-electron chi connectivity index (χ3n) is 4.65. The molecule has 0 unspecified atom stereocenters. The number of ether oxygens (including phenoxy) is 1. The Hall–Kier alpha value is -2.74. The van der Waals surface area contributed by atoms with Crippen LogP contribution >= 0.6 is 0 Å². The highest BCUT2D eigenvalue weighted by molar-refractivity contribution is 7.90. The first kappa shape index (κ1) is 17.7. The van der Waals surface area contributed by atoms with Crippen molar-refractivity contribution in [2.24, 2.45) is 13.0 Å². The molecule has 7 nitrogen and oxygen atoms in total. The zero-order valence-corrected chi connectivity index (χ0v) is 15.9. The van der Waals surface area contributed by atoms with Crippen molar-refractivity contribution in [3.05, 3.63) is 46.9 Å². The molecule has 0 atom stereocenters. The lowest BCUT2D eigenvalue weighted by atomic mass is 10.0. The molecular weight excluding hydrogens is 366 g/mol. The minimum Gasteiger partial charge on any atom is -0.476 e. The summed E-state index contributed by atoms with van der Waals surface area (Å²) in [7, 11) is -1.88. The van der Waals surface area contributed by atoms with Crippen molar-refractivity contribution in [3.63, 3.8) is 0 Å². The number of benzene rings is 1. The Labute approximate surface area is 156 Å². The zero-order chi connectivity index (χ0) is 19.2. The lowest BCUT2D eigenvalue weighted by Crippen LogP contribution is -2.17. The third-order valence-corrected chi connectivity index (χ3v) is 5.61. The van der Waals surface area contributed by atoms with Crippen molar-refractivity contribution < 1.29 is 13.2 Å². The van der Waals surface area contributed by atoms with E-state index in [1.807, 2.05) is 12.1 Å². The Morgan fingerprint density at radius 3 is 2.52 bits per heavy atom. The van der Waals surface area contributed by atoms with Gasteiger partial charge in [0.2, 0.25) is 5.88 Å². The summed E-state index contributed by atoms with van der Waals surface area (Å²) >= 11 is 0. The Morgan fingerprint density at radius 2 is 1.85 bits per heavy atom. The Balaban J connectivity index is 1.97. The van der Waals surface area contributed by atoms with Crippen LogP contribution in [0.3, 0.4) is 0 Å². The lowest BCUT2D eigenvalue weighted by Gasteiger charge is -2.14. The number of nitrogens with zero attached hydrogens (tertiary/aromatic N) is 3. The van der Waals surface area contributed by atoms with Gasteiger partial charge in [-0.2, -0.15) is 0 Å². The number of aromatic nitrogens is 3. The Kier molecular flexibility index (Phi) is 4.22. The highest BCUT2D eigenvalue weighted by Gasteiger charge is 2.24. The maximum atomic E-state index is 12.5. The topological polar surface area (TPSA) is 91.2 Å². The summed E-state index contributed by atoms with van der Waals surface area (Å²) in [5.41, 5.74) is 1.07. The van der Waals surface area contributed by atoms with Crippen molar-refractivity contribution >= 4 is 20.6 Å². The van der Waals surface area contributed by atoms with Crippen LogP contribution in [0.2, 0.25) is 0 Å². The molecule has 2 heterocycles. The van der Waals surface area contributed by atoms with Gasteiger partial charge in [0.25, 0.3) is 5.56 Å². The molecule has 0 aliphatic heterocycles. The molecule has 2 aromatic heterocycles. The predicted octanol–water partition coefficient (Wildman–Crippen LogP) is 2.19. The van der Waals surface area contributed by atoms with Crippen molar-refractivity contribution in [2.45, 2.75) is 17.9 Å². The van der Waals surface area contributed by atoms with E-state index in [0.29, 0.717) is 34.4 Å². The van der Waals surface area contributed by atoms with E-state index in [1.54, 1.807) is 25.4 Å². The minimum atomic E-state index is -3.54. The maximum Gasteiger partial charge on any atom is 0.258 e. The van der Waals surface area contributed by atoms with Gasteiger partial charge in [-0.15, -0.1) is 10.2 Å². The molecule has 27 heavy (non-hydrogen) atoms. The second kappa shape index (κ2) is 6.45. The van der Waals surface area contributed by atoms with Gasteiger partial charge in [0.15, 0.2) is 14.9 Å². The summed E-state index contributed by atoms with van der Waals surface area (Å²) in [5.74, 6) is 0.782. The molecule has 1 saturated carbocycles. The largest absolute Gasteiger partial charge is 0.476 e. The molecule has 4 rings (SSSR count). The quantitative estimate of drug-likeness (QED) is 0.669. The predicted molar refractivity (Wildman–Crippen MR) is 102 cm³/mol. The molecule has 1 fully saturated rings. The molecule has 0 bridgehead atoms. The molecule has 1 aliphatic rings. The van der Waals surface area contributed by atoms with E-state index in [9.17, 15) is 13.2 Å². The first-order valence-corrected chi connectivity index (χ1v) is 10.5. The van der Waals surface area contributed by atoms with E-state index in [2.05, 4.69) is 10.2 Å². The molecule has 0 N–H and O–H groups in total. The molecule has 1 aromatic carbocycles. The van der Waals surface area contributed by atoms with E-state index in [4.69, 9.17) is 4.74 Å². The van der Waals surface area contributed by atoms with Gasteiger partial charge in [0.1, 0.15) is 0 Å². The fourth-order valence-corrected chi connectivity index (χ4v) is 3.48. The van der Waals surface area contributed by atoms with Gasteiger partial charge < -0.3 is 9.30 Å². The van der Waals surface area contributed by atoms with Crippen LogP contribution in [0.1, 0.15) is 12.8 Å². The van der Waals surface area contributed by atoms with Gasteiger partial charge in [-0.1, -0.05) is 18.2 Å². The Bertz CT molecular complexity index is 1200. The average Bonchev–Trinajstić information content (AvgIpc) is 3.47. The van der Waals surface area contributed by atoms with Crippen LogP contribution in [0, 0.1) is 5.92 Å². The van der Waals surface area contributed by atoms with Crippen molar-refractivity contribution in [3.8, 4) is 17.0 Å². The summed E-state index contributed by atoms with van der Waals surface area (Å²) < 4.78 is 31.3. The van der Waals surface area contributed by atoms with E-state index < -0.39 is 9.84 Å². The van der Waals surface area contributed by atoms with Gasteiger partial charge in [0.05, 0.1) is 12.2 Å². The van der Waals surface area contributed by atoms with Crippen LogP contribution in [0.25, 0.3) is 21.9 Å². The van der Waals surface area contributed by atoms with Gasteiger partial charge in [-0.25, -0.2) is 8.42 Å². The Morgan fingerprint density at radius 1 is 1.15 bits per heavy atom. The number of pyridine rings is 1. The second-order valence-electron chi connectivity index (χ2n) is 6.93. The summed E-state index contributed by atoms with van der Waals surface area (Å²) in [6.45, 7) is 0.517. The van der Waals surface area contributed by atoms with E-state index in [-0.39, 0.29) is 16.5 Å². The molecule has 8 heteroatoms. The van der Waals surface area contributed by atoms with Crippen LogP contribution in [0.15, 0.2) is 46.3 Å². The van der Waals surface area contributed by atoms with Crippen molar-refractivity contribution in [1.82, 2.24) is 14.8 Å². The van der Waals surface area contributed by atoms with Crippen molar-refractivity contribution in [1.29, 1.82) is 0 Å². The molecule has 0 amide bonds. The van der Waals surface area contributed by atoms with Crippen LogP contribution in [-0.4, -0.2) is 36.0 Å². The second-order valence-corrected chi connectivity index (χ2v) is 8.89. The fraction of sp³-hybridized carbons (Fsp3) is 0.316. The molecule has 0 saturated heterocycles. The summed E-state index contributed by atoms with van der Waals surface area (Å²) in [4.78, 5) is 12.5. The number of hydrogen-bond donors (Lipinski definition) is 0. The summed E-state index contributed by atoms with van der Waals surface area (Å²) in [6.07, 6.45) is 5.00. The number of fused-ring (bicyclic) bond motifs is 1. The monoisotopic (exact) mass is 385 g/mol. The maximum absolute atomic E-state index is 12.5. The van der Waals surface area contributed by atoms with E-state index in [1.165, 1.54) is 10.6 Å². The van der Waals surface area contributed by atoms with E-state index in [0.717, 1.165) is 19.1 Å². The van der Waals surface area contributed by atoms with Gasteiger partial charge in [-0.3, -0.25) is 4.79 Å². The minimum absolute atomic E-state index is 0.125. The van der Waals surface area contributed by atoms with Crippen LogP contribution in [-0.2, 0) is 16.9 Å². The SMILES string of the molecule is Cn1cc(-c2cc(S(C)(=O)=O)nnc2OCC2CC2)c2ccccc2c1=O. The number of hydrogen-bond acceptors (Lipinski definition) is 6. The third kappa shape index (κ3) is 3.44. The average molecular weight is 385 g/mol. The summed E-state index contributed by atoms with van der Waals surface area (Å²) in [5, 5.41) is 8.99. The summed E-state index contributed by atoms with van der Waals surface area (Å²) in [6, 6.07) is 8.68. The molecule has 1 aliphatic carbocycles. The van der Waals surface area contributed by atoms with Gasteiger partial charge in [-0.05, 0) is 36.3 Å². The highest BCUT2D eigenvalue weighted by atomic mass is 32.2. The number of sulfone groups is 1. The molecule has 3 aromatic rings. The lowest BCUT2D eigenvalue weighted by molar-refractivity contribution is 0.285. The normalized spacial score (nSPS) is 14.4. The first-order chi connectivity index (χ1) is 12.8. The van der Waals surface area contributed by atoms with Crippen LogP contribution in [0.5, 0.6) is 5.88 Å². The fourth-order valence-electron chi connectivity index (χ4n) is 2.96. The number of aryl methyl sites for hydroxylation is 1. The smallest absolute Gasteiger partial charge is 0.258 e. The molecule has 140 valence electrons. The standard InChI is InChI=1S/C19H19N3O4S/c1-22-10-16(13-5-3-4-6-14(13)19(22)23)15-9-17(27(2,24)25)20-21-18(15)26-11-12-7-8-12/h3-6,9-10,12H,7-8,11H2,1-2H3. The van der Waals surface area contributed by atoms with Crippen LogP contribution in [0.4, 0.5) is 0 Å². The van der Waals surface area contributed by atoms with E-state index >= 15 is 0 Å². The van der Waals surface area contributed by atoms with Crippen molar-refractivity contribution in [2.75, 3.05) is 12.9 Å². The van der Waals surface area contributed by atoms with Gasteiger partial charge >= 0.3 is 0 Å². The zero-order valence-electron chi connectivity index (χ0n) is 15.0. The highest BCUT2D eigenvalue weighted by Crippen LogP contribution is 2.35. The van der Waals surface area contributed by atoms with Crippen LogP contribution < -0.4 is 10.3 Å². The molecular formula is C19H19N3O4S.